The third-order valence-corrected chi connectivity index (χ3v) is 7.30. The summed E-state index contributed by atoms with van der Waals surface area (Å²) in [6.07, 6.45) is 7.19. The molecule has 0 unspecified atom stereocenters. The van der Waals surface area contributed by atoms with Crippen molar-refractivity contribution in [1.29, 1.82) is 0 Å². The lowest BCUT2D eigenvalue weighted by Gasteiger charge is -2.40. The summed E-state index contributed by atoms with van der Waals surface area (Å²) in [5.41, 5.74) is 0.887. The topological polar surface area (TPSA) is 79.7 Å². The summed E-state index contributed by atoms with van der Waals surface area (Å²) in [5.74, 6) is 1.12. The molecule has 35 heavy (non-hydrogen) atoms. The molecule has 2 heterocycles. The summed E-state index contributed by atoms with van der Waals surface area (Å²) >= 11 is 5.94. The highest BCUT2D eigenvalue weighted by Gasteiger charge is 2.30. The quantitative estimate of drug-likeness (QED) is 0.474. The van der Waals surface area contributed by atoms with E-state index in [1.165, 1.54) is 12.4 Å². The van der Waals surface area contributed by atoms with Crippen molar-refractivity contribution in [3.8, 4) is 11.5 Å². The second-order valence-corrected chi connectivity index (χ2v) is 9.72. The second-order valence-electron chi connectivity index (χ2n) is 9.31. The van der Waals surface area contributed by atoms with Gasteiger partial charge in [0, 0.05) is 24.0 Å². The number of likely N-dealkylation sites (tertiary alicyclic amines) is 1. The number of anilines is 2. The smallest absolute Gasteiger partial charge is 0.165 e. The minimum absolute atomic E-state index is 0.0359. The molecule has 0 bridgehead atoms. The fourth-order valence-electron chi connectivity index (χ4n) is 5.17. The normalized spacial score (nSPS) is 23.3. The van der Waals surface area contributed by atoms with Crippen molar-refractivity contribution in [3.63, 3.8) is 0 Å². The van der Waals surface area contributed by atoms with Crippen LogP contribution in [-0.4, -0.2) is 58.4 Å². The molecule has 0 radical (unpaired) electrons. The zero-order valence-electron chi connectivity index (χ0n) is 19.7. The molecule has 1 aliphatic carbocycles. The van der Waals surface area contributed by atoms with E-state index < -0.39 is 5.82 Å². The zero-order chi connectivity index (χ0) is 24.4. The standard InChI is InChI=1S/C26H30ClFN4O3/c1-34-23-13-22-19(26(30-15-29-22)31-21-6-2-5-20(27)25(21)28)12-24(23)35-18-9-7-16(8-10-18)32-11-3-4-17(33)14-32/h2,5-6,12-13,15-18,33H,3-4,7-11,14H2,1H3,(H,29,30,31)/t16-,17-,18+/m0/s1. The largest absolute Gasteiger partial charge is 0.493 e. The highest BCUT2D eigenvalue weighted by atomic mass is 35.5. The third kappa shape index (κ3) is 5.29. The molecule has 1 aromatic heterocycles. The Hall–Kier alpha value is -2.68. The van der Waals surface area contributed by atoms with Crippen molar-refractivity contribution in [2.24, 2.45) is 0 Å². The van der Waals surface area contributed by atoms with Gasteiger partial charge in [0.1, 0.15) is 12.1 Å². The maximum absolute atomic E-state index is 14.5. The number of rotatable bonds is 6. The molecule has 1 aliphatic heterocycles. The molecule has 2 aromatic carbocycles. The predicted octanol–water partition coefficient (Wildman–Crippen LogP) is 5.32. The van der Waals surface area contributed by atoms with E-state index in [9.17, 15) is 9.50 Å². The Kier molecular flexibility index (Phi) is 7.22. The minimum Gasteiger partial charge on any atom is -0.493 e. The first-order valence-corrected chi connectivity index (χ1v) is 12.5. The maximum Gasteiger partial charge on any atom is 0.165 e. The fourth-order valence-corrected chi connectivity index (χ4v) is 5.34. The number of halogens is 2. The lowest BCUT2D eigenvalue weighted by atomic mass is 9.90. The molecule has 2 fully saturated rings. The lowest BCUT2D eigenvalue weighted by molar-refractivity contribution is 0.0217. The Morgan fingerprint density at radius 1 is 1.11 bits per heavy atom. The van der Waals surface area contributed by atoms with Crippen molar-refractivity contribution in [3.05, 3.63) is 47.5 Å². The number of hydrogen-bond donors (Lipinski definition) is 2. The molecule has 1 atom stereocenters. The number of nitrogens with one attached hydrogen (secondary N) is 1. The Morgan fingerprint density at radius 2 is 1.94 bits per heavy atom. The SMILES string of the molecule is COc1cc2ncnc(Nc3cccc(Cl)c3F)c2cc1O[C@H]1CC[C@@H](N2CCC[C@H](O)C2)CC1. The summed E-state index contributed by atoms with van der Waals surface area (Å²) in [6.45, 7) is 1.84. The van der Waals surface area contributed by atoms with E-state index in [-0.39, 0.29) is 22.9 Å². The molecular weight excluding hydrogens is 471 g/mol. The number of aromatic nitrogens is 2. The average Bonchev–Trinajstić information content (AvgIpc) is 2.87. The van der Waals surface area contributed by atoms with Gasteiger partial charge in [0.05, 0.1) is 35.5 Å². The molecule has 186 valence electrons. The number of benzene rings is 2. The highest BCUT2D eigenvalue weighted by molar-refractivity contribution is 6.31. The summed E-state index contributed by atoms with van der Waals surface area (Å²) in [7, 11) is 1.61. The number of β-amino-alcohol motifs (C(OH)–C–C–N with tert-alkyl or cyclic N) is 1. The third-order valence-electron chi connectivity index (χ3n) is 7.01. The molecule has 1 saturated heterocycles. The van der Waals surface area contributed by atoms with Crippen molar-refractivity contribution in [2.45, 2.75) is 56.8 Å². The number of aliphatic hydroxyl groups excluding tert-OH is 1. The molecule has 0 amide bonds. The van der Waals surface area contributed by atoms with Gasteiger partial charge in [0.2, 0.25) is 0 Å². The Bertz CT molecular complexity index is 1190. The van der Waals surface area contributed by atoms with Crippen LogP contribution in [0.25, 0.3) is 10.9 Å². The number of hydrogen-bond acceptors (Lipinski definition) is 7. The summed E-state index contributed by atoms with van der Waals surface area (Å²) in [5, 5.41) is 13.8. The first-order chi connectivity index (χ1) is 17.0. The van der Waals surface area contributed by atoms with Crippen molar-refractivity contribution >= 4 is 34.0 Å². The summed E-state index contributed by atoms with van der Waals surface area (Å²) in [4.78, 5) is 11.1. The molecule has 0 spiro atoms. The molecule has 7 nitrogen and oxygen atoms in total. The van der Waals surface area contributed by atoms with E-state index in [1.807, 2.05) is 12.1 Å². The summed E-state index contributed by atoms with van der Waals surface area (Å²) < 4.78 is 26.5. The van der Waals surface area contributed by atoms with Gasteiger partial charge in [-0.1, -0.05) is 17.7 Å². The van der Waals surface area contributed by atoms with E-state index in [2.05, 4.69) is 20.2 Å². The molecule has 2 N–H and O–H groups in total. The van der Waals surface area contributed by atoms with Gasteiger partial charge >= 0.3 is 0 Å². The van der Waals surface area contributed by atoms with Crippen LogP contribution in [0, 0.1) is 5.82 Å². The number of methoxy groups -OCH3 is 1. The van der Waals surface area contributed by atoms with E-state index in [4.69, 9.17) is 21.1 Å². The molecule has 3 aromatic rings. The van der Waals surface area contributed by atoms with Crippen LogP contribution in [0.15, 0.2) is 36.7 Å². The zero-order valence-corrected chi connectivity index (χ0v) is 20.5. The van der Waals surface area contributed by atoms with E-state index in [0.29, 0.717) is 34.3 Å². The predicted molar refractivity (Wildman–Crippen MR) is 134 cm³/mol. The molecular formula is C26H30ClFN4O3. The van der Waals surface area contributed by atoms with Crippen LogP contribution < -0.4 is 14.8 Å². The van der Waals surface area contributed by atoms with E-state index >= 15 is 0 Å². The number of nitrogens with zero attached hydrogens (tertiary/aromatic N) is 3. The Balaban J connectivity index is 1.34. The average molecular weight is 501 g/mol. The molecule has 2 aliphatic rings. The van der Waals surface area contributed by atoms with Gasteiger partial charge in [-0.2, -0.15) is 0 Å². The van der Waals surface area contributed by atoms with Crippen molar-refractivity contribution in [1.82, 2.24) is 14.9 Å². The van der Waals surface area contributed by atoms with Crippen molar-refractivity contribution in [2.75, 3.05) is 25.5 Å². The monoisotopic (exact) mass is 500 g/mol. The Morgan fingerprint density at radius 3 is 2.71 bits per heavy atom. The van der Waals surface area contributed by atoms with Gasteiger partial charge in [0.15, 0.2) is 17.3 Å². The highest BCUT2D eigenvalue weighted by Crippen LogP contribution is 2.38. The van der Waals surface area contributed by atoms with Gasteiger partial charge in [0.25, 0.3) is 0 Å². The van der Waals surface area contributed by atoms with Crippen LogP contribution in [0.2, 0.25) is 5.02 Å². The first kappa shape index (κ1) is 24.0. The van der Waals surface area contributed by atoms with E-state index in [0.717, 1.165) is 51.6 Å². The summed E-state index contributed by atoms with van der Waals surface area (Å²) in [6, 6.07) is 8.95. The van der Waals surface area contributed by atoms with Gasteiger partial charge in [-0.05, 0) is 63.3 Å². The van der Waals surface area contributed by atoms with Gasteiger partial charge < -0.3 is 19.9 Å². The number of piperidine rings is 1. The van der Waals surface area contributed by atoms with Crippen LogP contribution in [0.1, 0.15) is 38.5 Å². The second kappa shape index (κ2) is 10.5. The van der Waals surface area contributed by atoms with Crippen LogP contribution >= 0.6 is 11.6 Å². The van der Waals surface area contributed by atoms with Gasteiger partial charge in [-0.15, -0.1) is 0 Å². The van der Waals surface area contributed by atoms with Gasteiger partial charge in [-0.25, -0.2) is 14.4 Å². The molecule has 9 heteroatoms. The van der Waals surface area contributed by atoms with Crippen molar-refractivity contribution < 1.29 is 19.0 Å². The van der Waals surface area contributed by atoms with Gasteiger partial charge in [-0.3, -0.25) is 4.90 Å². The first-order valence-electron chi connectivity index (χ1n) is 12.1. The number of ether oxygens (including phenoxy) is 2. The van der Waals surface area contributed by atoms with Crippen LogP contribution in [0.4, 0.5) is 15.9 Å². The maximum atomic E-state index is 14.5. The number of fused-ring (bicyclic) bond motifs is 1. The van der Waals surface area contributed by atoms with Crippen LogP contribution in [0.5, 0.6) is 11.5 Å². The van der Waals surface area contributed by atoms with Crippen LogP contribution in [0.3, 0.4) is 0 Å². The van der Waals surface area contributed by atoms with E-state index in [1.54, 1.807) is 19.2 Å². The Labute approximate surface area is 209 Å². The minimum atomic E-state index is -0.538. The molecule has 5 rings (SSSR count). The lowest BCUT2D eigenvalue weighted by Crippen LogP contribution is -2.46. The van der Waals surface area contributed by atoms with Crippen LogP contribution in [-0.2, 0) is 0 Å². The number of aliphatic hydroxyl groups is 1. The fraction of sp³-hybridized carbons (Fsp3) is 0.462. The molecule has 1 saturated carbocycles.